The van der Waals surface area contributed by atoms with Crippen molar-refractivity contribution in [2.45, 2.75) is 12.4 Å². The van der Waals surface area contributed by atoms with Crippen molar-refractivity contribution >= 4 is 23.2 Å². The zero-order chi connectivity index (χ0) is 30.1. The van der Waals surface area contributed by atoms with Crippen LogP contribution in [0.5, 0.6) is 0 Å². The van der Waals surface area contributed by atoms with E-state index >= 15 is 0 Å². The van der Waals surface area contributed by atoms with Crippen LogP contribution in [0.3, 0.4) is 0 Å². The molecule has 2 saturated heterocycles. The minimum Gasteiger partial charge on any atom is -0.368 e. The predicted molar refractivity (Wildman–Crippen MR) is 146 cm³/mol. The Morgan fingerprint density at radius 1 is 0.500 bits per heavy atom. The van der Waals surface area contributed by atoms with Gasteiger partial charge in [0.2, 0.25) is 0 Å². The predicted octanol–water partition coefficient (Wildman–Crippen LogP) is 5.65. The standard InChI is InChI=1S/C30H28F6N4O2/c31-29(32,33)23-6-2-8-25(19-23)37-10-14-39(15-11-37)27(41)21-4-1-5-22(18-21)28(42)40-16-12-38(13-17-40)26-9-3-7-24(20-26)30(34,35)36/h1-9,18-20H,10-17H2. The summed E-state index contributed by atoms with van der Waals surface area (Å²) in [4.78, 5) is 33.3. The lowest BCUT2D eigenvalue weighted by atomic mass is 10.1. The number of carbonyl (C=O) groups is 2. The van der Waals surface area contributed by atoms with Crippen LogP contribution in [0.1, 0.15) is 31.8 Å². The molecule has 222 valence electrons. The fourth-order valence-electron chi connectivity index (χ4n) is 5.24. The van der Waals surface area contributed by atoms with Crippen LogP contribution in [0.15, 0.2) is 72.8 Å². The Hall–Kier alpha value is -4.22. The van der Waals surface area contributed by atoms with Crippen molar-refractivity contribution in [3.63, 3.8) is 0 Å². The number of anilines is 2. The molecule has 0 aliphatic carbocycles. The van der Waals surface area contributed by atoms with Gasteiger partial charge in [-0.1, -0.05) is 18.2 Å². The quantitative estimate of drug-likeness (QED) is 0.369. The topological polar surface area (TPSA) is 47.1 Å². The molecule has 3 aromatic rings. The van der Waals surface area contributed by atoms with E-state index in [1.165, 1.54) is 18.2 Å². The monoisotopic (exact) mass is 590 g/mol. The number of halogens is 6. The summed E-state index contributed by atoms with van der Waals surface area (Å²) in [6.45, 7) is 2.69. The molecule has 2 aliphatic rings. The average molecular weight is 591 g/mol. The Morgan fingerprint density at radius 2 is 0.857 bits per heavy atom. The maximum Gasteiger partial charge on any atom is 0.416 e. The zero-order valence-electron chi connectivity index (χ0n) is 22.5. The second-order valence-corrected chi connectivity index (χ2v) is 10.2. The van der Waals surface area contributed by atoms with Crippen molar-refractivity contribution in [2.75, 3.05) is 62.2 Å². The first-order valence-corrected chi connectivity index (χ1v) is 13.4. The first-order valence-electron chi connectivity index (χ1n) is 13.4. The molecule has 0 unspecified atom stereocenters. The molecule has 2 fully saturated rings. The highest BCUT2D eigenvalue weighted by atomic mass is 19.4. The smallest absolute Gasteiger partial charge is 0.368 e. The van der Waals surface area contributed by atoms with Crippen LogP contribution in [-0.2, 0) is 12.4 Å². The van der Waals surface area contributed by atoms with Crippen LogP contribution in [0.2, 0.25) is 0 Å². The van der Waals surface area contributed by atoms with Crippen molar-refractivity contribution in [1.82, 2.24) is 9.80 Å². The number of benzene rings is 3. The van der Waals surface area contributed by atoms with Crippen LogP contribution >= 0.6 is 0 Å². The Morgan fingerprint density at radius 3 is 1.21 bits per heavy atom. The molecule has 0 aromatic heterocycles. The van der Waals surface area contributed by atoms with E-state index in [-0.39, 0.29) is 11.8 Å². The van der Waals surface area contributed by atoms with Gasteiger partial charge in [-0.3, -0.25) is 9.59 Å². The number of piperazine rings is 2. The van der Waals surface area contributed by atoms with Gasteiger partial charge in [-0.05, 0) is 54.6 Å². The summed E-state index contributed by atoms with van der Waals surface area (Å²) in [6.07, 6.45) is -8.88. The molecule has 6 nitrogen and oxygen atoms in total. The van der Waals surface area contributed by atoms with Crippen LogP contribution in [0.25, 0.3) is 0 Å². The van der Waals surface area contributed by atoms with E-state index in [0.29, 0.717) is 74.9 Å². The van der Waals surface area contributed by atoms with E-state index in [9.17, 15) is 35.9 Å². The van der Waals surface area contributed by atoms with E-state index in [2.05, 4.69) is 0 Å². The summed E-state index contributed by atoms with van der Waals surface area (Å²) >= 11 is 0. The minimum absolute atomic E-state index is 0.275. The van der Waals surface area contributed by atoms with Crippen molar-refractivity contribution in [1.29, 1.82) is 0 Å². The molecule has 42 heavy (non-hydrogen) atoms. The fourth-order valence-corrected chi connectivity index (χ4v) is 5.24. The van der Waals surface area contributed by atoms with Gasteiger partial charge in [0.1, 0.15) is 0 Å². The van der Waals surface area contributed by atoms with Gasteiger partial charge >= 0.3 is 12.4 Å². The maximum absolute atomic E-state index is 13.2. The largest absolute Gasteiger partial charge is 0.416 e. The molecule has 2 aliphatic heterocycles. The lowest BCUT2D eigenvalue weighted by Gasteiger charge is -2.37. The first-order chi connectivity index (χ1) is 19.9. The van der Waals surface area contributed by atoms with Gasteiger partial charge < -0.3 is 19.6 Å². The number of alkyl halides is 6. The molecule has 2 heterocycles. The third-order valence-corrected chi connectivity index (χ3v) is 7.57. The molecule has 12 heteroatoms. The summed E-state index contributed by atoms with van der Waals surface area (Å²) in [5, 5.41) is 0. The van der Waals surface area contributed by atoms with Crippen LogP contribution in [-0.4, -0.2) is 74.0 Å². The Labute approximate surface area is 238 Å². The van der Waals surface area contributed by atoms with Gasteiger partial charge in [0.15, 0.2) is 0 Å². The summed E-state index contributed by atoms with van der Waals surface area (Å²) < 4.78 is 78.6. The number of hydrogen-bond donors (Lipinski definition) is 0. The number of rotatable bonds is 4. The van der Waals surface area contributed by atoms with E-state index in [1.807, 2.05) is 0 Å². The summed E-state index contributed by atoms with van der Waals surface area (Å²) in [7, 11) is 0. The van der Waals surface area contributed by atoms with Gasteiger partial charge in [-0.25, -0.2) is 0 Å². The molecule has 2 amide bonds. The normalized spacial score (nSPS) is 16.5. The van der Waals surface area contributed by atoms with Crippen LogP contribution in [0.4, 0.5) is 37.7 Å². The third-order valence-electron chi connectivity index (χ3n) is 7.57. The molecular weight excluding hydrogens is 562 g/mol. The van der Waals surface area contributed by atoms with Crippen molar-refractivity contribution in [3.8, 4) is 0 Å². The maximum atomic E-state index is 13.2. The van der Waals surface area contributed by atoms with Gasteiger partial charge in [0.25, 0.3) is 11.8 Å². The molecule has 3 aromatic carbocycles. The highest BCUT2D eigenvalue weighted by Crippen LogP contribution is 2.33. The second-order valence-electron chi connectivity index (χ2n) is 10.2. The van der Waals surface area contributed by atoms with E-state index in [4.69, 9.17) is 0 Å². The van der Waals surface area contributed by atoms with Gasteiger partial charge in [-0.15, -0.1) is 0 Å². The highest BCUT2D eigenvalue weighted by molar-refractivity contribution is 5.99. The highest BCUT2D eigenvalue weighted by Gasteiger charge is 2.33. The van der Waals surface area contributed by atoms with E-state index in [1.54, 1.807) is 49.9 Å². The lowest BCUT2D eigenvalue weighted by molar-refractivity contribution is -0.138. The summed E-state index contributed by atoms with van der Waals surface area (Å²) in [5.74, 6) is -0.551. The number of amides is 2. The average Bonchev–Trinajstić information content (AvgIpc) is 3.00. The van der Waals surface area contributed by atoms with E-state index in [0.717, 1.165) is 24.3 Å². The van der Waals surface area contributed by atoms with Crippen molar-refractivity contribution in [3.05, 3.63) is 95.1 Å². The molecule has 5 rings (SSSR count). The van der Waals surface area contributed by atoms with Gasteiger partial charge in [0, 0.05) is 74.9 Å². The van der Waals surface area contributed by atoms with Crippen LogP contribution in [0, 0.1) is 0 Å². The zero-order valence-corrected chi connectivity index (χ0v) is 22.5. The molecule has 0 bridgehead atoms. The SMILES string of the molecule is O=C(c1cccc(C(=O)N2CCN(c3cccc(C(F)(F)F)c3)CC2)c1)N1CCN(c2cccc(C(F)(F)F)c2)CC1. The summed E-state index contributed by atoms with van der Waals surface area (Å²) in [5.41, 5.74) is 0.0939. The van der Waals surface area contributed by atoms with Gasteiger partial charge in [0.05, 0.1) is 11.1 Å². The second kappa shape index (κ2) is 11.6. The van der Waals surface area contributed by atoms with Gasteiger partial charge in [-0.2, -0.15) is 26.3 Å². The Balaban J connectivity index is 1.18. The third kappa shape index (κ3) is 6.47. The lowest BCUT2D eigenvalue weighted by Crippen LogP contribution is -2.49. The van der Waals surface area contributed by atoms with Crippen molar-refractivity contribution < 1.29 is 35.9 Å². The first kappa shape index (κ1) is 29.3. The number of hydrogen-bond acceptors (Lipinski definition) is 4. The minimum atomic E-state index is -4.44. The number of nitrogens with zero attached hydrogens (tertiary/aromatic N) is 4. The summed E-state index contributed by atoms with van der Waals surface area (Å²) in [6, 6.07) is 16.6. The molecular formula is C30H28F6N4O2. The molecule has 0 atom stereocenters. The molecule has 0 N–H and O–H groups in total. The van der Waals surface area contributed by atoms with Crippen molar-refractivity contribution in [2.24, 2.45) is 0 Å². The van der Waals surface area contributed by atoms with Crippen LogP contribution < -0.4 is 9.80 Å². The Kier molecular flexibility index (Phi) is 8.07. The molecule has 0 saturated carbocycles. The fraction of sp³-hybridized carbons (Fsp3) is 0.333. The van der Waals surface area contributed by atoms with E-state index < -0.39 is 23.5 Å². The number of carbonyl (C=O) groups excluding carboxylic acids is 2. The molecule has 0 radical (unpaired) electrons. The Bertz CT molecular complexity index is 1340. The molecule has 0 spiro atoms.